The van der Waals surface area contributed by atoms with E-state index in [2.05, 4.69) is 36.1 Å². The molecule has 0 saturated heterocycles. The summed E-state index contributed by atoms with van der Waals surface area (Å²) in [4.78, 5) is 8.10. The van der Waals surface area contributed by atoms with E-state index >= 15 is 0 Å². The normalized spacial score (nSPS) is 21.5. The van der Waals surface area contributed by atoms with Crippen molar-refractivity contribution in [2.24, 2.45) is 0 Å². The molecule has 3 heterocycles. The van der Waals surface area contributed by atoms with Crippen molar-refractivity contribution in [2.75, 3.05) is 0 Å². The molecule has 1 N–H and O–H groups in total. The van der Waals surface area contributed by atoms with Crippen LogP contribution in [0, 0.1) is 0 Å². The Balaban J connectivity index is 1.37. The van der Waals surface area contributed by atoms with Crippen LogP contribution in [0.5, 0.6) is 5.88 Å². The van der Waals surface area contributed by atoms with E-state index in [-0.39, 0.29) is 6.10 Å². The lowest BCUT2D eigenvalue weighted by Gasteiger charge is -2.28. The molecule has 0 atom stereocenters. The number of fused-ring (bicyclic) bond motifs is 3. The molecule has 0 radical (unpaired) electrons. The first-order chi connectivity index (χ1) is 13.8. The molecule has 1 saturated carbocycles. The second-order valence-corrected chi connectivity index (χ2v) is 7.76. The van der Waals surface area contributed by atoms with Crippen LogP contribution < -0.4 is 10.1 Å². The second-order valence-electron chi connectivity index (χ2n) is 7.33. The van der Waals surface area contributed by atoms with E-state index in [9.17, 15) is 0 Å². The Morgan fingerprint density at radius 3 is 2.79 bits per heavy atom. The fourth-order valence-electron chi connectivity index (χ4n) is 4.15. The lowest BCUT2D eigenvalue weighted by atomic mass is 9.86. The zero-order valence-corrected chi connectivity index (χ0v) is 16.1. The topological polar surface area (TPSA) is 77.8 Å². The van der Waals surface area contributed by atoms with Gasteiger partial charge in [0.05, 0.1) is 12.2 Å². The summed E-state index contributed by atoms with van der Waals surface area (Å²) in [5, 5.41) is 13.2. The Morgan fingerprint density at radius 2 is 1.96 bits per heavy atom. The molecule has 8 heteroatoms. The summed E-state index contributed by atoms with van der Waals surface area (Å²) >= 11 is 6.21. The predicted octanol–water partition coefficient (Wildman–Crippen LogP) is 3.42. The quantitative estimate of drug-likeness (QED) is 0.730. The maximum atomic E-state index is 6.21. The fourth-order valence-corrected chi connectivity index (χ4v) is 4.35. The Bertz CT molecular complexity index is 968. The average molecular weight is 397 g/mol. The van der Waals surface area contributed by atoms with E-state index in [1.165, 1.54) is 11.9 Å². The van der Waals surface area contributed by atoms with Gasteiger partial charge in [0, 0.05) is 29.7 Å². The third kappa shape index (κ3) is 3.36. The number of nitrogens with one attached hydrogen (secondary N) is 1. The van der Waals surface area contributed by atoms with Crippen molar-refractivity contribution in [1.82, 2.24) is 30.0 Å². The zero-order valence-electron chi connectivity index (χ0n) is 15.4. The lowest BCUT2D eigenvalue weighted by molar-refractivity contribution is 0.138. The molecule has 0 unspecified atom stereocenters. The molecule has 0 bridgehead atoms. The van der Waals surface area contributed by atoms with E-state index in [0.29, 0.717) is 18.3 Å². The summed E-state index contributed by atoms with van der Waals surface area (Å²) in [5.74, 6) is 3.01. The molecule has 144 valence electrons. The van der Waals surface area contributed by atoms with Gasteiger partial charge < -0.3 is 10.1 Å². The molecule has 2 aliphatic rings. The average Bonchev–Trinajstić information content (AvgIpc) is 3.05. The van der Waals surface area contributed by atoms with Gasteiger partial charge in [-0.2, -0.15) is 0 Å². The molecule has 1 aromatic carbocycles. The van der Waals surface area contributed by atoms with Gasteiger partial charge in [-0.1, -0.05) is 11.6 Å². The predicted molar refractivity (Wildman–Crippen MR) is 105 cm³/mol. The van der Waals surface area contributed by atoms with E-state index in [1.54, 1.807) is 12.3 Å². The molecule has 2 aromatic heterocycles. The summed E-state index contributed by atoms with van der Waals surface area (Å²) in [7, 11) is 0. The third-order valence-corrected chi connectivity index (χ3v) is 5.75. The SMILES string of the molecule is Clc1ccc2c(c1)CNCc1nnc([C@H]3CC[C@@H](Oc4ccncn4)CC3)n1-2. The van der Waals surface area contributed by atoms with Crippen molar-refractivity contribution in [2.45, 2.75) is 50.8 Å². The molecule has 1 fully saturated rings. The van der Waals surface area contributed by atoms with Crippen LogP contribution in [0.4, 0.5) is 0 Å². The first-order valence-electron chi connectivity index (χ1n) is 9.64. The number of halogens is 1. The summed E-state index contributed by atoms with van der Waals surface area (Å²) in [6, 6.07) is 7.84. The van der Waals surface area contributed by atoms with Crippen molar-refractivity contribution in [3.63, 3.8) is 0 Å². The Hall–Kier alpha value is -2.51. The number of nitrogens with zero attached hydrogens (tertiary/aromatic N) is 5. The minimum atomic E-state index is 0.186. The first-order valence-corrected chi connectivity index (χ1v) is 10.0. The highest BCUT2D eigenvalue weighted by Crippen LogP contribution is 2.36. The highest BCUT2D eigenvalue weighted by atomic mass is 35.5. The summed E-state index contributed by atoms with van der Waals surface area (Å²) in [6.45, 7) is 1.48. The monoisotopic (exact) mass is 396 g/mol. The molecule has 3 aromatic rings. The number of rotatable bonds is 3. The smallest absolute Gasteiger partial charge is 0.216 e. The maximum absolute atomic E-state index is 6.21. The van der Waals surface area contributed by atoms with Gasteiger partial charge in [-0.25, -0.2) is 9.97 Å². The van der Waals surface area contributed by atoms with E-state index in [0.717, 1.165) is 54.6 Å². The van der Waals surface area contributed by atoms with Gasteiger partial charge >= 0.3 is 0 Å². The molecular formula is C20H21ClN6O. The highest BCUT2D eigenvalue weighted by Gasteiger charge is 2.30. The van der Waals surface area contributed by atoms with E-state index in [1.807, 2.05) is 12.1 Å². The van der Waals surface area contributed by atoms with Crippen LogP contribution >= 0.6 is 11.6 Å². The van der Waals surface area contributed by atoms with Crippen LogP contribution in [0.2, 0.25) is 5.02 Å². The minimum Gasteiger partial charge on any atom is -0.474 e. The van der Waals surface area contributed by atoms with Crippen LogP contribution in [0.1, 0.15) is 48.8 Å². The van der Waals surface area contributed by atoms with Gasteiger partial charge in [0.1, 0.15) is 18.3 Å². The van der Waals surface area contributed by atoms with Gasteiger partial charge in [0.15, 0.2) is 5.82 Å². The molecule has 5 rings (SSSR count). The second kappa shape index (κ2) is 7.48. The largest absolute Gasteiger partial charge is 0.474 e. The zero-order chi connectivity index (χ0) is 18.9. The van der Waals surface area contributed by atoms with E-state index < -0.39 is 0 Å². The van der Waals surface area contributed by atoms with Gasteiger partial charge in [-0.15, -0.1) is 10.2 Å². The van der Waals surface area contributed by atoms with Crippen molar-refractivity contribution < 1.29 is 4.74 Å². The van der Waals surface area contributed by atoms with Crippen molar-refractivity contribution in [3.8, 4) is 11.6 Å². The third-order valence-electron chi connectivity index (χ3n) is 5.52. The summed E-state index contributed by atoms with van der Waals surface area (Å²) in [5.41, 5.74) is 2.30. The molecule has 0 spiro atoms. The number of ether oxygens (including phenoxy) is 1. The molecule has 7 nitrogen and oxygen atoms in total. The van der Waals surface area contributed by atoms with Crippen LogP contribution in [0.3, 0.4) is 0 Å². The van der Waals surface area contributed by atoms with E-state index in [4.69, 9.17) is 16.3 Å². The maximum Gasteiger partial charge on any atom is 0.216 e. The van der Waals surface area contributed by atoms with Crippen LogP contribution in [-0.2, 0) is 13.1 Å². The van der Waals surface area contributed by atoms with Crippen molar-refractivity contribution in [3.05, 3.63) is 59.0 Å². The summed E-state index contributed by atoms with van der Waals surface area (Å²) in [6.07, 6.45) is 7.39. The fraction of sp³-hybridized carbons (Fsp3) is 0.400. The van der Waals surface area contributed by atoms with Crippen LogP contribution in [-0.4, -0.2) is 30.8 Å². The van der Waals surface area contributed by atoms with Crippen LogP contribution in [0.15, 0.2) is 36.8 Å². The first kappa shape index (κ1) is 17.6. The van der Waals surface area contributed by atoms with Crippen molar-refractivity contribution >= 4 is 11.6 Å². The standard InChI is InChI=1S/C20H21ClN6O/c21-15-3-6-17-14(9-15)10-23-11-18-25-26-20(27(17)18)13-1-4-16(5-2-13)28-19-7-8-22-12-24-19/h3,6-9,12-13,16,23H,1-2,4-5,10-11H2/t13-,16+. The van der Waals surface area contributed by atoms with Gasteiger partial charge in [-0.05, 0) is 49.4 Å². The Kier molecular flexibility index (Phi) is 4.70. The van der Waals surface area contributed by atoms with Gasteiger partial charge in [0.2, 0.25) is 5.88 Å². The molecule has 1 aliphatic carbocycles. The number of hydrogen-bond acceptors (Lipinski definition) is 6. The number of aromatic nitrogens is 5. The molecule has 28 heavy (non-hydrogen) atoms. The Labute approximate surface area is 168 Å². The molecular weight excluding hydrogens is 376 g/mol. The van der Waals surface area contributed by atoms with Gasteiger partial charge in [-0.3, -0.25) is 4.57 Å². The summed E-state index contributed by atoms with van der Waals surface area (Å²) < 4.78 is 8.23. The van der Waals surface area contributed by atoms with Crippen molar-refractivity contribution in [1.29, 1.82) is 0 Å². The molecule has 1 aliphatic heterocycles. The lowest BCUT2D eigenvalue weighted by Crippen LogP contribution is -2.25. The minimum absolute atomic E-state index is 0.186. The number of benzene rings is 1. The molecule has 0 amide bonds. The Morgan fingerprint density at radius 1 is 1.07 bits per heavy atom. The van der Waals surface area contributed by atoms with Gasteiger partial charge in [0.25, 0.3) is 0 Å². The highest BCUT2D eigenvalue weighted by molar-refractivity contribution is 6.30. The number of hydrogen-bond donors (Lipinski definition) is 1. The van der Waals surface area contributed by atoms with Crippen LogP contribution in [0.25, 0.3) is 5.69 Å².